The molecule has 0 saturated heterocycles. The second-order valence-corrected chi connectivity index (χ2v) is 6.26. The van der Waals surface area contributed by atoms with Gasteiger partial charge >= 0.3 is 5.69 Å². The van der Waals surface area contributed by atoms with Crippen molar-refractivity contribution < 1.29 is 4.79 Å². The van der Waals surface area contributed by atoms with Gasteiger partial charge in [0.1, 0.15) is 6.54 Å². The number of imidazole rings is 1. The standard InChI is InChI=1S/C18H19N3O2S/c1-3-20-15-6-4-5-7-16(15)21(18(20)23)12-17(22)19-13-8-10-14(24-2)11-9-13/h4-11H,3,12H2,1-2H3,(H,19,22). The Balaban J connectivity index is 1.85. The van der Waals surface area contributed by atoms with Crippen molar-refractivity contribution in [2.24, 2.45) is 0 Å². The molecule has 1 N–H and O–H groups in total. The largest absolute Gasteiger partial charge is 0.329 e. The second kappa shape index (κ2) is 6.97. The molecule has 1 heterocycles. The Hall–Kier alpha value is -2.47. The van der Waals surface area contributed by atoms with E-state index >= 15 is 0 Å². The first-order chi connectivity index (χ1) is 11.6. The molecule has 5 nitrogen and oxygen atoms in total. The first-order valence-corrected chi connectivity index (χ1v) is 8.98. The molecular weight excluding hydrogens is 322 g/mol. The lowest BCUT2D eigenvalue weighted by Gasteiger charge is -2.07. The van der Waals surface area contributed by atoms with Crippen LogP contribution in [0.4, 0.5) is 5.69 Å². The average Bonchev–Trinajstić information content (AvgIpc) is 2.87. The fourth-order valence-electron chi connectivity index (χ4n) is 2.75. The Morgan fingerprint density at radius 3 is 2.25 bits per heavy atom. The molecule has 3 rings (SSSR count). The Kier molecular flexibility index (Phi) is 4.76. The van der Waals surface area contributed by atoms with Crippen molar-refractivity contribution in [2.45, 2.75) is 24.9 Å². The van der Waals surface area contributed by atoms with Gasteiger partial charge in [-0.25, -0.2) is 4.79 Å². The topological polar surface area (TPSA) is 56.0 Å². The zero-order valence-corrected chi connectivity index (χ0v) is 14.5. The number of hydrogen-bond acceptors (Lipinski definition) is 3. The third-order valence-corrected chi connectivity index (χ3v) is 4.66. The van der Waals surface area contributed by atoms with Crippen LogP contribution in [0.1, 0.15) is 6.92 Å². The molecule has 0 fully saturated rings. The summed E-state index contributed by atoms with van der Waals surface area (Å²) in [5.41, 5.74) is 2.19. The number of carbonyl (C=O) groups is 1. The molecule has 0 saturated carbocycles. The number of rotatable bonds is 5. The summed E-state index contributed by atoms with van der Waals surface area (Å²) >= 11 is 1.65. The number of nitrogens with zero attached hydrogens (tertiary/aromatic N) is 2. The van der Waals surface area contributed by atoms with Crippen LogP contribution in [0, 0.1) is 0 Å². The van der Waals surface area contributed by atoms with E-state index in [4.69, 9.17) is 0 Å². The van der Waals surface area contributed by atoms with Crippen LogP contribution in [0.2, 0.25) is 0 Å². The summed E-state index contributed by atoms with van der Waals surface area (Å²) in [6, 6.07) is 15.2. The van der Waals surface area contributed by atoms with Gasteiger partial charge in [-0.15, -0.1) is 11.8 Å². The number of carbonyl (C=O) groups excluding carboxylic acids is 1. The van der Waals surface area contributed by atoms with Gasteiger partial charge in [-0.05, 0) is 49.6 Å². The van der Waals surface area contributed by atoms with Crippen molar-refractivity contribution in [3.05, 3.63) is 59.0 Å². The lowest BCUT2D eigenvalue weighted by Crippen LogP contribution is -2.29. The van der Waals surface area contributed by atoms with E-state index in [1.807, 2.05) is 61.7 Å². The quantitative estimate of drug-likeness (QED) is 0.725. The smallest absolute Gasteiger partial charge is 0.325 e. The first kappa shape index (κ1) is 16.4. The van der Waals surface area contributed by atoms with Gasteiger partial charge in [0.15, 0.2) is 0 Å². The van der Waals surface area contributed by atoms with E-state index in [2.05, 4.69) is 5.32 Å². The summed E-state index contributed by atoms with van der Waals surface area (Å²) < 4.78 is 3.19. The van der Waals surface area contributed by atoms with Crippen LogP contribution in [0.5, 0.6) is 0 Å². The minimum atomic E-state index is -0.215. The van der Waals surface area contributed by atoms with Gasteiger partial charge in [0, 0.05) is 17.1 Å². The van der Waals surface area contributed by atoms with Crippen molar-refractivity contribution in [1.82, 2.24) is 9.13 Å². The van der Waals surface area contributed by atoms with Gasteiger partial charge in [-0.1, -0.05) is 12.1 Å². The molecule has 0 aliphatic carbocycles. The summed E-state index contributed by atoms with van der Waals surface area (Å²) in [4.78, 5) is 26.0. The maximum Gasteiger partial charge on any atom is 0.329 e. The molecule has 1 amide bonds. The highest BCUT2D eigenvalue weighted by Gasteiger charge is 2.14. The van der Waals surface area contributed by atoms with Gasteiger partial charge in [0.25, 0.3) is 0 Å². The van der Waals surface area contributed by atoms with Crippen molar-refractivity contribution in [2.75, 3.05) is 11.6 Å². The first-order valence-electron chi connectivity index (χ1n) is 7.76. The van der Waals surface area contributed by atoms with Crippen LogP contribution in [0.3, 0.4) is 0 Å². The lowest BCUT2D eigenvalue weighted by molar-refractivity contribution is -0.116. The molecular formula is C18H19N3O2S. The number of para-hydroxylation sites is 2. The van der Waals surface area contributed by atoms with Gasteiger partial charge in [-0.2, -0.15) is 0 Å². The van der Waals surface area contributed by atoms with Crippen LogP contribution in [0.15, 0.2) is 58.2 Å². The Labute approximate surface area is 144 Å². The number of thioether (sulfide) groups is 1. The molecule has 1 aromatic heterocycles. The van der Waals surface area contributed by atoms with Crippen molar-refractivity contribution in [3.63, 3.8) is 0 Å². The highest BCUT2D eigenvalue weighted by molar-refractivity contribution is 7.98. The SMILES string of the molecule is CCn1c(=O)n(CC(=O)Nc2ccc(SC)cc2)c2ccccc21. The van der Waals surface area contributed by atoms with Gasteiger partial charge in [0.05, 0.1) is 11.0 Å². The average molecular weight is 341 g/mol. The van der Waals surface area contributed by atoms with Crippen LogP contribution >= 0.6 is 11.8 Å². The highest BCUT2D eigenvalue weighted by Crippen LogP contribution is 2.18. The molecule has 0 aliphatic rings. The number of aromatic nitrogens is 2. The molecule has 124 valence electrons. The van der Waals surface area contributed by atoms with Crippen LogP contribution in [-0.4, -0.2) is 21.3 Å². The minimum absolute atomic E-state index is 0.00335. The molecule has 6 heteroatoms. The number of aryl methyl sites for hydroxylation is 1. The van der Waals surface area contributed by atoms with E-state index in [1.165, 1.54) is 4.57 Å². The fraction of sp³-hybridized carbons (Fsp3) is 0.222. The van der Waals surface area contributed by atoms with Crippen molar-refractivity contribution >= 4 is 34.4 Å². The number of benzene rings is 2. The molecule has 0 atom stereocenters. The Morgan fingerprint density at radius 2 is 1.67 bits per heavy atom. The van der Waals surface area contributed by atoms with E-state index in [0.717, 1.165) is 21.6 Å². The zero-order valence-electron chi connectivity index (χ0n) is 13.7. The van der Waals surface area contributed by atoms with Crippen LogP contribution in [0.25, 0.3) is 11.0 Å². The maximum atomic E-state index is 12.5. The predicted molar refractivity (Wildman–Crippen MR) is 98.7 cm³/mol. The Bertz CT molecular complexity index is 926. The molecule has 0 bridgehead atoms. The lowest BCUT2D eigenvalue weighted by atomic mass is 10.3. The summed E-state index contributed by atoms with van der Waals surface area (Å²) in [7, 11) is 0. The summed E-state index contributed by atoms with van der Waals surface area (Å²) in [6.07, 6.45) is 2.00. The van der Waals surface area contributed by atoms with Gasteiger partial charge in [0.2, 0.25) is 5.91 Å². The van der Waals surface area contributed by atoms with E-state index in [1.54, 1.807) is 16.3 Å². The maximum absolute atomic E-state index is 12.5. The summed E-state index contributed by atoms with van der Waals surface area (Å²) in [6.45, 7) is 2.49. The summed E-state index contributed by atoms with van der Waals surface area (Å²) in [5, 5.41) is 2.84. The Morgan fingerprint density at radius 1 is 1.04 bits per heavy atom. The third-order valence-electron chi connectivity index (χ3n) is 3.92. The van der Waals surface area contributed by atoms with E-state index < -0.39 is 0 Å². The third kappa shape index (κ3) is 3.10. The van der Waals surface area contributed by atoms with Crippen LogP contribution < -0.4 is 11.0 Å². The van der Waals surface area contributed by atoms with E-state index in [-0.39, 0.29) is 18.1 Å². The molecule has 0 spiro atoms. The number of fused-ring (bicyclic) bond motifs is 1. The predicted octanol–water partition coefficient (Wildman–Crippen LogP) is 3.18. The normalized spacial score (nSPS) is 10.9. The van der Waals surface area contributed by atoms with Crippen molar-refractivity contribution in [3.8, 4) is 0 Å². The number of nitrogens with one attached hydrogen (secondary N) is 1. The zero-order chi connectivity index (χ0) is 17.1. The molecule has 3 aromatic rings. The molecule has 0 aliphatic heterocycles. The molecule has 2 aromatic carbocycles. The van der Waals surface area contributed by atoms with Crippen LogP contribution in [-0.2, 0) is 17.9 Å². The van der Waals surface area contributed by atoms with Gasteiger partial charge < -0.3 is 5.32 Å². The fourth-order valence-corrected chi connectivity index (χ4v) is 3.16. The second-order valence-electron chi connectivity index (χ2n) is 5.38. The van der Waals surface area contributed by atoms with E-state index in [9.17, 15) is 9.59 Å². The molecule has 24 heavy (non-hydrogen) atoms. The monoisotopic (exact) mass is 341 g/mol. The number of anilines is 1. The molecule has 0 radical (unpaired) electrons. The van der Waals surface area contributed by atoms with E-state index in [0.29, 0.717) is 6.54 Å². The van der Waals surface area contributed by atoms with Crippen molar-refractivity contribution in [1.29, 1.82) is 0 Å². The minimum Gasteiger partial charge on any atom is -0.325 e. The summed E-state index contributed by atoms with van der Waals surface area (Å²) in [5.74, 6) is -0.215. The molecule has 0 unspecified atom stereocenters. The number of amides is 1. The van der Waals surface area contributed by atoms with Gasteiger partial charge in [-0.3, -0.25) is 13.9 Å². The highest BCUT2D eigenvalue weighted by atomic mass is 32.2. The number of hydrogen-bond donors (Lipinski definition) is 1.